The number of benzene rings is 1. The van der Waals surface area contributed by atoms with Gasteiger partial charge < -0.3 is 14.4 Å². The van der Waals surface area contributed by atoms with Gasteiger partial charge >= 0.3 is 6.09 Å². The second-order valence-corrected chi connectivity index (χ2v) is 5.14. The Kier molecular flexibility index (Phi) is 3.80. The average molecular weight is 310 g/mol. The Hall–Kier alpha value is -3.15. The number of allylic oxidation sites excluding steroid dienone is 1. The van der Waals surface area contributed by atoms with Crippen LogP contribution in [0.2, 0.25) is 0 Å². The summed E-state index contributed by atoms with van der Waals surface area (Å²) in [6, 6.07) is 8.23. The highest BCUT2D eigenvalue weighted by Crippen LogP contribution is 2.34. The first-order chi connectivity index (χ1) is 11.0. The minimum atomic E-state index is -0.498. The van der Waals surface area contributed by atoms with Crippen LogP contribution in [0.4, 0.5) is 4.79 Å². The van der Waals surface area contributed by atoms with E-state index in [1.54, 1.807) is 56.8 Å². The molecule has 1 amide bonds. The number of hydrogen-bond acceptors (Lipinski definition) is 5. The first-order valence-corrected chi connectivity index (χ1v) is 6.92. The Morgan fingerprint density at radius 1 is 1.22 bits per heavy atom. The fraction of sp³-hybridized carbons (Fsp3) is 0.118. The molecule has 0 N–H and O–H groups in total. The number of Topliss-reactive ketones (excluding diaryl/α,β-unsaturated/α-hetero) is 1. The van der Waals surface area contributed by atoms with Crippen molar-refractivity contribution < 1.29 is 19.1 Å². The van der Waals surface area contributed by atoms with Crippen LogP contribution in [0.3, 0.4) is 0 Å². The number of amides is 1. The van der Waals surface area contributed by atoms with Crippen molar-refractivity contribution in [2.75, 3.05) is 14.1 Å². The van der Waals surface area contributed by atoms with E-state index in [9.17, 15) is 9.59 Å². The van der Waals surface area contributed by atoms with E-state index < -0.39 is 6.09 Å². The molecular weight excluding hydrogens is 296 g/mol. The van der Waals surface area contributed by atoms with Crippen molar-refractivity contribution >= 4 is 18.0 Å². The minimum Gasteiger partial charge on any atom is -0.452 e. The quantitative estimate of drug-likeness (QED) is 0.798. The van der Waals surface area contributed by atoms with Gasteiger partial charge in [-0.2, -0.15) is 0 Å². The van der Waals surface area contributed by atoms with Crippen LogP contribution in [-0.2, 0) is 0 Å². The van der Waals surface area contributed by atoms with Crippen molar-refractivity contribution in [3.05, 3.63) is 59.6 Å². The maximum Gasteiger partial charge on any atom is 0.414 e. The van der Waals surface area contributed by atoms with Crippen molar-refractivity contribution in [1.29, 1.82) is 0 Å². The van der Waals surface area contributed by atoms with E-state index >= 15 is 0 Å². The van der Waals surface area contributed by atoms with Gasteiger partial charge in [-0.15, -0.1) is 0 Å². The minimum absolute atomic E-state index is 0.206. The lowest BCUT2D eigenvalue weighted by atomic mass is 10.1. The Morgan fingerprint density at radius 2 is 1.96 bits per heavy atom. The largest absolute Gasteiger partial charge is 0.452 e. The molecule has 0 fully saturated rings. The molecule has 2 aromatic rings. The molecule has 6 nitrogen and oxygen atoms in total. The molecule has 116 valence electrons. The zero-order valence-corrected chi connectivity index (χ0v) is 12.6. The van der Waals surface area contributed by atoms with E-state index in [1.165, 1.54) is 11.0 Å². The topological polar surface area (TPSA) is 68.7 Å². The van der Waals surface area contributed by atoms with Crippen molar-refractivity contribution in [1.82, 2.24) is 9.88 Å². The zero-order chi connectivity index (χ0) is 16.4. The van der Waals surface area contributed by atoms with E-state index in [1.807, 2.05) is 0 Å². The van der Waals surface area contributed by atoms with Gasteiger partial charge in [-0.3, -0.25) is 9.78 Å². The molecule has 0 spiro atoms. The summed E-state index contributed by atoms with van der Waals surface area (Å²) in [5.74, 6) is 0.712. The lowest BCUT2D eigenvalue weighted by Crippen LogP contribution is -2.25. The maximum absolute atomic E-state index is 12.3. The van der Waals surface area contributed by atoms with Gasteiger partial charge in [0.25, 0.3) is 0 Å². The summed E-state index contributed by atoms with van der Waals surface area (Å²) in [6.45, 7) is 0. The summed E-state index contributed by atoms with van der Waals surface area (Å²) < 4.78 is 10.7. The van der Waals surface area contributed by atoms with Crippen molar-refractivity contribution in [2.45, 2.75) is 0 Å². The van der Waals surface area contributed by atoms with E-state index in [0.717, 1.165) is 5.56 Å². The molecule has 1 aliphatic rings. The first kappa shape index (κ1) is 14.8. The van der Waals surface area contributed by atoms with Crippen LogP contribution in [0.5, 0.6) is 11.5 Å². The van der Waals surface area contributed by atoms with Crippen molar-refractivity contribution in [3.63, 3.8) is 0 Å². The summed E-state index contributed by atoms with van der Waals surface area (Å²) in [5.41, 5.74) is 1.25. The number of fused-ring (bicyclic) bond motifs is 1. The molecule has 0 unspecified atom stereocenters. The van der Waals surface area contributed by atoms with Crippen LogP contribution in [0.25, 0.3) is 6.08 Å². The fourth-order valence-corrected chi connectivity index (χ4v) is 2.03. The number of pyridine rings is 1. The number of ketones is 1. The Labute approximate surface area is 133 Å². The maximum atomic E-state index is 12.3. The lowest BCUT2D eigenvalue weighted by molar-refractivity contribution is 0.101. The predicted octanol–water partition coefficient (Wildman–Crippen LogP) is 2.76. The third-order valence-corrected chi connectivity index (χ3v) is 3.22. The fourth-order valence-electron chi connectivity index (χ4n) is 2.03. The number of rotatable bonds is 2. The molecule has 6 heteroatoms. The lowest BCUT2D eigenvalue weighted by Gasteiger charge is -2.10. The summed E-state index contributed by atoms with van der Waals surface area (Å²) >= 11 is 0. The number of aromatic nitrogens is 1. The van der Waals surface area contributed by atoms with Gasteiger partial charge in [0, 0.05) is 32.6 Å². The molecule has 0 saturated heterocycles. The number of nitrogens with zero attached hydrogens (tertiary/aromatic N) is 2. The molecule has 2 heterocycles. The highest BCUT2D eigenvalue weighted by Gasteiger charge is 2.28. The predicted molar refractivity (Wildman–Crippen MR) is 83.3 cm³/mol. The molecule has 3 rings (SSSR count). The number of carbonyl (C=O) groups excluding carboxylic acids is 2. The third kappa shape index (κ3) is 3.06. The van der Waals surface area contributed by atoms with Crippen LogP contribution in [0, 0.1) is 0 Å². The van der Waals surface area contributed by atoms with Crippen LogP contribution >= 0.6 is 0 Å². The zero-order valence-electron chi connectivity index (χ0n) is 12.6. The molecule has 0 atom stereocenters. The van der Waals surface area contributed by atoms with Crippen molar-refractivity contribution in [3.8, 4) is 11.5 Å². The molecule has 0 radical (unpaired) electrons. The van der Waals surface area contributed by atoms with Crippen LogP contribution in [0.15, 0.2) is 48.5 Å². The van der Waals surface area contributed by atoms with Crippen molar-refractivity contribution in [2.24, 2.45) is 0 Å². The molecule has 1 aromatic carbocycles. The molecule has 23 heavy (non-hydrogen) atoms. The van der Waals surface area contributed by atoms with Crippen LogP contribution in [0.1, 0.15) is 15.9 Å². The number of ether oxygens (including phenoxy) is 2. The van der Waals surface area contributed by atoms with Gasteiger partial charge in [0.15, 0.2) is 5.76 Å². The Bertz CT molecular complexity index is 797. The smallest absolute Gasteiger partial charge is 0.414 e. The molecule has 0 saturated carbocycles. The molecule has 0 aliphatic carbocycles. The third-order valence-electron chi connectivity index (χ3n) is 3.22. The van der Waals surface area contributed by atoms with Gasteiger partial charge in [0.1, 0.15) is 11.5 Å². The number of hydrogen-bond donors (Lipinski definition) is 0. The second-order valence-electron chi connectivity index (χ2n) is 5.14. The van der Waals surface area contributed by atoms with Gasteiger partial charge in [-0.25, -0.2) is 4.79 Å². The standard InChI is InChI=1S/C17H14N2O4/c1-19(2)17(21)22-12-3-4-13-14(10-12)23-15(16(13)20)9-11-5-7-18-8-6-11/h3-10H,1-2H3/b15-9-. The van der Waals surface area contributed by atoms with E-state index in [2.05, 4.69) is 4.98 Å². The summed E-state index contributed by atoms with van der Waals surface area (Å²) in [6.07, 6.45) is 4.42. The Balaban J connectivity index is 1.85. The van der Waals surface area contributed by atoms with E-state index in [0.29, 0.717) is 17.1 Å². The molecule has 1 aliphatic heterocycles. The Morgan fingerprint density at radius 3 is 2.65 bits per heavy atom. The average Bonchev–Trinajstić information content (AvgIpc) is 2.84. The second kappa shape index (κ2) is 5.92. The highest BCUT2D eigenvalue weighted by atomic mass is 16.6. The number of carbonyl (C=O) groups is 2. The normalized spacial score (nSPS) is 14.3. The summed E-state index contributed by atoms with van der Waals surface area (Å²) in [5, 5.41) is 0. The van der Waals surface area contributed by atoms with E-state index in [-0.39, 0.29) is 11.5 Å². The van der Waals surface area contributed by atoms with Gasteiger partial charge in [-0.05, 0) is 35.9 Å². The van der Waals surface area contributed by atoms with Gasteiger partial charge in [0.05, 0.1) is 5.56 Å². The van der Waals surface area contributed by atoms with Crippen LogP contribution < -0.4 is 9.47 Å². The SMILES string of the molecule is CN(C)C(=O)Oc1ccc2c(c1)O/C(=C\c1ccncc1)C2=O. The highest BCUT2D eigenvalue weighted by molar-refractivity contribution is 6.14. The molecule has 0 bridgehead atoms. The van der Waals surface area contributed by atoms with E-state index in [4.69, 9.17) is 9.47 Å². The molecular formula is C17H14N2O4. The summed E-state index contributed by atoms with van der Waals surface area (Å²) in [7, 11) is 3.18. The summed E-state index contributed by atoms with van der Waals surface area (Å²) in [4.78, 5) is 29.1. The van der Waals surface area contributed by atoms with Gasteiger partial charge in [-0.1, -0.05) is 0 Å². The van der Waals surface area contributed by atoms with Gasteiger partial charge in [0.2, 0.25) is 5.78 Å². The molecule has 1 aromatic heterocycles. The van der Waals surface area contributed by atoms with Crippen LogP contribution in [-0.4, -0.2) is 35.9 Å². The monoisotopic (exact) mass is 310 g/mol. The first-order valence-electron chi connectivity index (χ1n) is 6.92.